The Hall–Kier alpha value is -2.35. The van der Waals surface area contributed by atoms with Crippen LogP contribution in [0.1, 0.15) is 24.2 Å². The summed E-state index contributed by atoms with van der Waals surface area (Å²) in [6, 6.07) is 10.8. The lowest BCUT2D eigenvalue weighted by atomic mass is 10.1. The second-order valence-corrected chi connectivity index (χ2v) is 8.10. The van der Waals surface area contributed by atoms with E-state index < -0.39 is 0 Å². The molecule has 3 rings (SSSR count). The summed E-state index contributed by atoms with van der Waals surface area (Å²) < 4.78 is 11.7. The van der Waals surface area contributed by atoms with Crippen molar-refractivity contribution >= 4 is 44.2 Å². The molecule has 1 aromatic heterocycles. The Bertz CT molecular complexity index is 1020. The number of methoxy groups -OCH3 is 2. The Morgan fingerprint density at radius 2 is 1.83 bits per heavy atom. The largest absolute Gasteiger partial charge is 0.497 e. The van der Waals surface area contributed by atoms with E-state index >= 15 is 0 Å². The van der Waals surface area contributed by atoms with Crippen molar-refractivity contribution in [3.05, 3.63) is 47.0 Å². The smallest absolute Gasteiger partial charge is 0.263 e. The Kier molecular flexibility index (Phi) is 7.53. The van der Waals surface area contributed by atoms with E-state index in [2.05, 4.69) is 18.7 Å². The molecule has 0 aliphatic carbocycles. The Labute approximate surface area is 186 Å². The molecule has 0 N–H and O–H groups in total. The number of rotatable bonds is 9. The number of nitrogens with zero attached hydrogens (tertiary/aromatic N) is 3. The SMILES string of the molecule is CCN(CC)CCN(C(=O)c1cc(Cl)ccc1OC)c1nc2ccc(OC)cc2s1. The van der Waals surface area contributed by atoms with Gasteiger partial charge >= 0.3 is 0 Å². The van der Waals surface area contributed by atoms with E-state index in [-0.39, 0.29) is 5.91 Å². The molecular weight excluding hydrogens is 422 g/mol. The number of likely N-dealkylation sites (N-methyl/N-ethyl adjacent to an activating group) is 1. The number of hydrogen-bond acceptors (Lipinski definition) is 6. The molecule has 0 radical (unpaired) electrons. The topological polar surface area (TPSA) is 54.9 Å². The van der Waals surface area contributed by atoms with Crippen molar-refractivity contribution < 1.29 is 14.3 Å². The molecule has 30 heavy (non-hydrogen) atoms. The molecule has 1 heterocycles. The molecular formula is C22H26ClN3O3S. The highest BCUT2D eigenvalue weighted by atomic mass is 35.5. The van der Waals surface area contributed by atoms with Crippen LogP contribution in [0.2, 0.25) is 5.02 Å². The zero-order valence-corrected chi connectivity index (χ0v) is 19.2. The minimum absolute atomic E-state index is 0.187. The van der Waals surface area contributed by atoms with Crippen molar-refractivity contribution in [2.45, 2.75) is 13.8 Å². The van der Waals surface area contributed by atoms with E-state index in [4.69, 9.17) is 26.1 Å². The van der Waals surface area contributed by atoms with Crippen LogP contribution in [-0.4, -0.2) is 56.2 Å². The third kappa shape index (κ3) is 4.86. The zero-order chi connectivity index (χ0) is 21.7. The van der Waals surface area contributed by atoms with Gasteiger partial charge in [-0.25, -0.2) is 4.98 Å². The van der Waals surface area contributed by atoms with Crippen LogP contribution in [0.5, 0.6) is 11.5 Å². The molecule has 1 amide bonds. The van der Waals surface area contributed by atoms with Gasteiger partial charge in [0, 0.05) is 18.1 Å². The van der Waals surface area contributed by atoms with E-state index in [9.17, 15) is 4.79 Å². The minimum atomic E-state index is -0.187. The fraction of sp³-hybridized carbons (Fsp3) is 0.364. The second kappa shape index (κ2) is 10.1. The first-order chi connectivity index (χ1) is 14.5. The maximum atomic E-state index is 13.6. The Morgan fingerprint density at radius 1 is 1.07 bits per heavy atom. The van der Waals surface area contributed by atoms with Crippen molar-refractivity contribution in [3.8, 4) is 11.5 Å². The Balaban J connectivity index is 2.02. The molecule has 0 bridgehead atoms. The van der Waals surface area contributed by atoms with Gasteiger partial charge < -0.3 is 14.4 Å². The summed E-state index contributed by atoms with van der Waals surface area (Å²) in [5.41, 5.74) is 1.25. The quantitative estimate of drug-likeness (QED) is 0.464. The number of anilines is 1. The fourth-order valence-corrected chi connectivity index (χ4v) is 4.38. The third-order valence-electron chi connectivity index (χ3n) is 4.99. The number of aromatic nitrogens is 1. The maximum absolute atomic E-state index is 13.6. The standard InChI is InChI=1S/C22H26ClN3O3S/c1-5-25(6-2)11-12-26(21(27)17-13-15(23)7-10-19(17)29-4)22-24-18-9-8-16(28-3)14-20(18)30-22/h7-10,13-14H,5-6,11-12H2,1-4H3. The van der Waals surface area contributed by atoms with Gasteiger partial charge in [-0.05, 0) is 49.5 Å². The molecule has 0 spiro atoms. The van der Waals surface area contributed by atoms with Crippen LogP contribution in [0, 0.1) is 0 Å². The molecule has 160 valence electrons. The zero-order valence-electron chi connectivity index (χ0n) is 17.6. The van der Waals surface area contributed by atoms with Gasteiger partial charge in [-0.1, -0.05) is 36.8 Å². The number of halogens is 1. The van der Waals surface area contributed by atoms with E-state index in [1.54, 1.807) is 37.3 Å². The molecule has 0 unspecified atom stereocenters. The number of fused-ring (bicyclic) bond motifs is 1. The summed E-state index contributed by atoms with van der Waals surface area (Å²) in [6.45, 7) is 7.29. The maximum Gasteiger partial charge on any atom is 0.263 e. The lowest BCUT2D eigenvalue weighted by molar-refractivity contribution is 0.0981. The van der Waals surface area contributed by atoms with Gasteiger partial charge in [0.15, 0.2) is 5.13 Å². The fourth-order valence-electron chi connectivity index (χ4n) is 3.19. The van der Waals surface area contributed by atoms with Crippen LogP contribution in [0.4, 0.5) is 5.13 Å². The lowest BCUT2D eigenvalue weighted by Gasteiger charge is -2.25. The highest BCUT2D eigenvalue weighted by Crippen LogP contribution is 2.33. The molecule has 0 aliphatic heterocycles. The number of carbonyl (C=O) groups is 1. The number of carbonyl (C=O) groups excluding carboxylic acids is 1. The van der Waals surface area contributed by atoms with Crippen LogP contribution >= 0.6 is 22.9 Å². The molecule has 2 aromatic carbocycles. The summed E-state index contributed by atoms with van der Waals surface area (Å²) >= 11 is 7.64. The van der Waals surface area contributed by atoms with Crippen LogP contribution in [0.15, 0.2) is 36.4 Å². The summed E-state index contributed by atoms with van der Waals surface area (Å²) in [4.78, 5) is 22.3. The van der Waals surface area contributed by atoms with Gasteiger partial charge in [0.1, 0.15) is 11.5 Å². The molecule has 0 saturated heterocycles. The van der Waals surface area contributed by atoms with Gasteiger partial charge in [-0.15, -0.1) is 0 Å². The predicted octanol–water partition coefficient (Wildman–Crippen LogP) is 4.96. The van der Waals surface area contributed by atoms with Gasteiger partial charge in [-0.2, -0.15) is 0 Å². The van der Waals surface area contributed by atoms with Gasteiger partial charge in [-0.3, -0.25) is 9.69 Å². The number of amides is 1. The normalized spacial score (nSPS) is 11.1. The second-order valence-electron chi connectivity index (χ2n) is 6.66. The van der Waals surface area contributed by atoms with Crippen molar-refractivity contribution in [2.75, 3.05) is 45.3 Å². The van der Waals surface area contributed by atoms with Crippen molar-refractivity contribution in [1.82, 2.24) is 9.88 Å². The van der Waals surface area contributed by atoms with Crippen molar-refractivity contribution in [3.63, 3.8) is 0 Å². The molecule has 0 aliphatic rings. The monoisotopic (exact) mass is 447 g/mol. The average Bonchev–Trinajstić information content (AvgIpc) is 3.19. The van der Waals surface area contributed by atoms with Crippen molar-refractivity contribution in [2.24, 2.45) is 0 Å². The summed E-state index contributed by atoms with van der Waals surface area (Å²) in [5, 5.41) is 1.12. The van der Waals surface area contributed by atoms with E-state index in [1.165, 1.54) is 11.3 Å². The number of thiazole rings is 1. The van der Waals surface area contributed by atoms with Crippen LogP contribution in [0.3, 0.4) is 0 Å². The lowest BCUT2D eigenvalue weighted by Crippen LogP contribution is -2.39. The molecule has 6 nitrogen and oxygen atoms in total. The first kappa shape index (κ1) is 22.3. The average molecular weight is 448 g/mol. The molecule has 0 fully saturated rings. The van der Waals surface area contributed by atoms with E-state index in [1.807, 2.05) is 18.2 Å². The first-order valence-electron chi connectivity index (χ1n) is 9.83. The molecule has 0 saturated carbocycles. The van der Waals surface area contributed by atoms with Gasteiger partial charge in [0.2, 0.25) is 0 Å². The number of hydrogen-bond donors (Lipinski definition) is 0. The summed E-state index contributed by atoms with van der Waals surface area (Å²) in [5.74, 6) is 1.06. The number of ether oxygens (including phenoxy) is 2. The Morgan fingerprint density at radius 3 is 2.50 bits per heavy atom. The van der Waals surface area contributed by atoms with E-state index in [0.717, 1.165) is 35.6 Å². The van der Waals surface area contributed by atoms with Crippen LogP contribution in [-0.2, 0) is 0 Å². The molecule has 3 aromatic rings. The highest BCUT2D eigenvalue weighted by Gasteiger charge is 2.25. The minimum Gasteiger partial charge on any atom is -0.497 e. The molecule has 8 heteroatoms. The highest BCUT2D eigenvalue weighted by molar-refractivity contribution is 7.22. The van der Waals surface area contributed by atoms with Crippen LogP contribution < -0.4 is 14.4 Å². The summed E-state index contributed by atoms with van der Waals surface area (Å²) in [7, 11) is 3.18. The number of benzene rings is 2. The predicted molar refractivity (Wildman–Crippen MR) is 124 cm³/mol. The third-order valence-corrected chi connectivity index (χ3v) is 6.26. The first-order valence-corrected chi connectivity index (χ1v) is 11.0. The van der Waals surface area contributed by atoms with Gasteiger partial charge in [0.05, 0.1) is 30.0 Å². The summed E-state index contributed by atoms with van der Waals surface area (Å²) in [6.07, 6.45) is 0. The van der Waals surface area contributed by atoms with Crippen molar-refractivity contribution in [1.29, 1.82) is 0 Å². The van der Waals surface area contributed by atoms with Gasteiger partial charge in [0.25, 0.3) is 5.91 Å². The van der Waals surface area contributed by atoms with Crippen LogP contribution in [0.25, 0.3) is 10.2 Å². The van der Waals surface area contributed by atoms with E-state index in [0.29, 0.717) is 28.0 Å². The molecule has 0 atom stereocenters.